The molecule has 1 N–H and O–H groups in total. The van der Waals surface area contributed by atoms with Crippen LogP contribution in [0.15, 0.2) is 22.6 Å². The van der Waals surface area contributed by atoms with E-state index in [-0.39, 0.29) is 5.78 Å². The summed E-state index contributed by atoms with van der Waals surface area (Å²) < 4.78 is 0. The first-order valence-electron chi connectivity index (χ1n) is 7.04. The summed E-state index contributed by atoms with van der Waals surface area (Å²) in [4.78, 5) is 27.3. The summed E-state index contributed by atoms with van der Waals surface area (Å²) in [5.74, 6) is 0.0770. The van der Waals surface area contributed by atoms with Crippen molar-refractivity contribution < 1.29 is 4.79 Å². The maximum absolute atomic E-state index is 11.9. The number of aliphatic imine (C=N–C) groups is 1. The maximum Gasteiger partial charge on any atom is 0.183 e. The van der Waals surface area contributed by atoms with Crippen molar-refractivity contribution in [2.75, 3.05) is 32.5 Å². The van der Waals surface area contributed by atoms with E-state index < -0.39 is 0 Å². The van der Waals surface area contributed by atoms with Gasteiger partial charge in [0.2, 0.25) is 0 Å². The normalized spacial score (nSPS) is 13.5. The number of nitrogens with zero attached hydrogens (tertiary/aromatic N) is 4. The van der Waals surface area contributed by atoms with Gasteiger partial charge in [0.05, 0.1) is 0 Å². The highest BCUT2D eigenvalue weighted by Crippen LogP contribution is 2.35. The number of fused-ring (bicyclic) bond motifs is 1. The molecule has 0 aliphatic carbocycles. The lowest BCUT2D eigenvalue weighted by atomic mass is 10.0. The van der Waals surface area contributed by atoms with Gasteiger partial charge >= 0.3 is 0 Å². The SMILES string of the molecule is CN(C)CCNc1nc(-c2nccc3c2N=CCC3=O)cs1. The Hall–Kier alpha value is -2.12. The van der Waals surface area contributed by atoms with E-state index in [1.54, 1.807) is 18.5 Å². The number of likely N-dealkylation sites (N-methyl/N-ethyl adjacent to an activating group) is 1. The minimum absolute atomic E-state index is 0.0770. The van der Waals surface area contributed by atoms with Crippen molar-refractivity contribution in [3.8, 4) is 11.4 Å². The summed E-state index contributed by atoms with van der Waals surface area (Å²) in [7, 11) is 4.06. The van der Waals surface area contributed by atoms with Crippen molar-refractivity contribution in [2.45, 2.75) is 6.42 Å². The van der Waals surface area contributed by atoms with Crippen molar-refractivity contribution in [1.82, 2.24) is 14.9 Å². The van der Waals surface area contributed by atoms with Crippen LogP contribution in [-0.4, -0.2) is 54.1 Å². The molecule has 0 unspecified atom stereocenters. The van der Waals surface area contributed by atoms with E-state index in [4.69, 9.17) is 0 Å². The molecule has 1 aliphatic heterocycles. The van der Waals surface area contributed by atoms with E-state index >= 15 is 0 Å². The summed E-state index contributed by atoms with van der Waals surface area (Å²) in [6.45, 7) is 1.77. The Bertz CT molecular complexity index is 722. The smallest absolute Gasteiger partial charge is 0.183 e. The Morgan fingerprint density at radius 3 is 3.09 bits per heavy atom. The number of carbonyl (C=O) groups is 1. The fourth-order valence-electron chi connectivity index (χ4n) is 2.18. The second-order valence-electron chi connectivity index (χ2n) is 5.26. The topological polar surface area (TPSA) is 70.5 Å². The van der Waals surface area contributed by atoms with Gasteiger partial charge in [0.1, 0.15) is 17.1 Å². The first-order valence-corrected chi connectivity index (χ1v) is 7.92. The fourth-order valence-corrected chi connectivity index (χ4v) is 2.90. The monoisotopic (exact) mass is 315 g/mol. The Morgan fingerprint density at radius 1 is 1.41 bits per heavy atom. The number of ketones is 1. The molecule has 0 spiro atoms. The second kappa shape index (κ2) is 6.33. The Labute approximate surface area is 132 Å². The van der Waals surface area contributed by atoms with E-state index in [1.807, 2.05) is 19.5 Å². The summed E-state index contributed by atoms with van der Waals surface area (Å²) >= 11 is 1.53. The van der Waals surface area contributed by atoms with Crippen LogP contribution in [0.2, 0.25) is 0 Å². The predicted octanol–water partition coefficient (Wildman–Crippen LogP) is 2.47. The van der Waals surface area contributed by atoms with Crippen LogP contribution in [0.1, 0.15) is 16.8 Å². The van der Waals surface area contributed by atoms with Gasteiger partial charge in [-0.15, -0.1) is 11.3 Å². The van der Waals surface area contributed by atoms with Crippen LogP contribution < -0.4 is 5.32 Å². The van der Waals surface area contributed by atoms with Crippen LogP contribution in [0.4, 0.5) is 10.8 Å². The summed E-state index contributed by atoms with van der Waals surface area (Å²) in [5, 5.41) is 6.08. The number of rotatable bonds is 5. The Morgan fingerprint density at radius 2 is 2.27 bits per heavy atom. The van der Waals surface area contributed by atoms with Crippen LogP contribution >= 0.6 is 11.3 Å². The molecule has 0 amide bonds. The molecule has 0 aromatic carbocycles. The summed E-state index contributed by atoms with van der Waals surface area (Å²) in [6.07, 6.45) is 3.63. The number of hydrogen-bond acceptors (Lipinski definition) is 7. The molecule has 0 bridgehead atoms. The predicted molar refractivity (Wildman–Crippen MR) is 89.5 cm³/mol. The highest BCUT2D eigenvalue weighted by molar-refractivity contribution is 7.14. The van der Waals surface area contributed by atoms with Crippen molar-refractivity contribution in [3.63, 3.8) is 0 Å². The van der Waals surface area contributed by atoms with Crippen molar-refractivity contribution >= 4 is 34.2 Å². The minimum Gasteiger partial charge on any atom is -0.360 e. The molecule has 22 heavy (non-hydrogen) atoms. The number of nitrogens with one attached hydrogen (secondary N) is 1. The van der Waals surface area contributed by atoms with Crippen LogP contribution in [0.25, 0.3) is 11.4 Å². The highest BCUT2D eigenvalue weighted by Gasteiger charge is 2.20. The third-order valence-corrected chi connectivity index (χ3v) is 4.10. The molecule has 6 nitrogen and oxygen atoms in total. The largest absolute Gasteiger partial charge is 0.360 e. The number of Topliss-reactive ketones (excluding diaryl/α,β-unsaturated/α-hetero) is 1. The first-order chi connectivity index (χ1) is 10.6. The van der Waals surface area contributed by atoms with Gasteiger partial charge in [0, 0.05) is 42.9 Å². The molecule has 0 atom stereocenters. The third-order valence-electron chi connectivity index (χ3n) is 3.30. The van der Waals surface area contributed by atoms with E-state index in [9.17, 15) is 4.79 Å². The van der Waals surface area contributed by atoms with Gasteiger partial charge in [-0.2, -0.15) is 0 Å². The molecule has 0 saturated carbocycles. The molecule has 3 heterocycles. The Kier molecular flexibility index (Phi) is 4.26. The molecule has 0 radical (unpaired) electrons. The average Bonchev–Trinajstić information content (AvgIpc) is 2.95. The van der Waals surface area contributed by atoms with E-state index in [0.717, 1.165) is 23.9 Å². The van der Waals surface area contributed by atoms with Crippen LogP contribution in [0.5, 0.6) is 0 Å². The van der Waals surface area contributed by atoms with Crippen molar-refractivity contribution in [2.24, 2.45) is 4.99 Å². The third kappa shape index (κ3) is 3.05. The summed E-state index contributed by atoms with van der Waals surface area (Å²) in [6, 6.07) is 1.72. The number of aromatic nitrogens is 2. The molecular formula is C15H17N5OS. The maximum atomic E-state index is 11.9. The van der Waals surface area contributed by atoms with E-state index in [1.165, 1.54) is 11.3 Å². The van der Waals surface area contributed by atoms with E-state index in [0.29, 0.717) is 23.4 Å². The molecule has 2 aromatic rings. The van der Waals surface area contributed by atoms with Crippen LogP contribution in [0.3, 0.4) is 0 Å². The highest BCUT2D eigenvalue weighted by atomic mass is 32.1. The lowest BCUT2D eigenvalue weighted by molar-refractivity contribution is 0.100. The van der Waals surface area contributed by atoms with Gasteiger partial charge in [-0.05, 0) is 20.2 Å². The zero-order valence-corrected chi connectivity index (χ0v) is 13.4. The molecule has 0 fully saturated rings. The van der Waals surface area contributed by atoms with Crippen molar-refractivity contribution in [1.29, 1.82) is 0 Å². The first kappa shape index (κ1) is 14.8. The minimum atomic E-state index is 0.0770. The zero-order chi connectivity index (χ0) is 15.5. The van der Waals surface area contributed by atoms with E-state index in [2.05, 4.69) is 25.2 Å². The molecule has 114 valence electrons. The van der Waals surface area contributed by atoms with Gasteiger partial charge in [-0.25, -0.2) is 4.98 Å². The van der Waals surface area contributed by atoms with Gasteiger partial charge in [-0.1, -0.05) is 0 Å². The molecule has 2 aromatic heterocycles. The number of pyridine rings is 1. The lowest BCUT2D eigenvalue weighted by Gasteiger charge is -2.11. The second-order valence-corrected chi connectivity index (χ2v) is 6.12. The van der Waals surface area contributed by atoms with Gasteiger partial charge in [0.25, 0.3) is 0 Å². The molecule has 0 saturated heterocycles. The van der Waals surface area contributed by atoms with Gasteiger partial charge in [0.15, 0.2) is 10.9 Å². The molecule has 7 heteroatoms. The summed E-state index contributed by atoms with van der Waals surface area (Å²) in [5.41, 5.74) is 2.67. The standard InChI is InChI=1S/C15H17N5OS/c1-20(2)8-7-18-15-19-11(9-22-15)14-13-10(3-5-17-14)12(21)4-6-16-13/h3,5-6,9H,4,7-8H2,1-2H3,(H,18,19). The zero-order valence-electron chi connectivity index (χ0n) is 12.5. The number of anilines is 1. The number of thiazole rings is 1. The van der Waals surface area contributed by atoms with Gasteiger partial charge in [-0.3, -0.25) is 14.8 Å². The molecule has 1 aliphatic rings. The van der Waals surface area contributed by atoms with Crippen LogP contribution in [0, 0.1) is 0 Å². The Balaban J connectivity index is 1.84. The number of carbonyl (C=O) groups excluding carboxylic acids is 1. The van der Waals surface area contributed by atoms with Gasteiger partial charge < -0.3 is 10.2 Å². The molecular weight excluding hydrogens is 298 g/mol. The average molecular weight is 315 g/mol. The van der Waals surface area contributed by atoms with Crippen LogP contribution in [-0.2, 0) is 0 Å². The van der Waals surface area contributed by atoms with Crippen molar-refractivity contribution in [3.05, 3.63) is 23.2 Å². The fraction of sp³-hybridized carbons (Fsp3) is 0.333. The molecule has 3 rings (SSSR count). The lowest BCUT2D eigenvalue weighted by Crippen LogP contribution is -2.20. The quantitative estimate of drug-likeness (QED) is 0.918. The number of hydrogen-bond donors (Lipinski definition) is 1.